The van der Waals surface area contributed by atoms with Crippen LogP contribution in [0, 0.1) is 25.2 Å². The third-order valence-corrected chi connectivity index (χ3v) is 6.63. The number of nitrogens with two attached hydrogens (primary N) is 1. The first-order chi connectivity index (χ1) is 19.2. The van der Waals surface area contributed by atoms with Gasteiger partial charge in [0.2, 0.25) is 0 Å². The van der Waals surface area contributed by atoms with E-state index in [4.69, 9.17) is 15.2 Å². The van der Waals surface area contributed by atoms with E-state index in [9.17, 15) is 19.6 Å². The molecule has 1 aliphatic heterocycles. The summed E-state index contributed by atoms with van der Waals surface area (Å²) in [4.78, 5) is 41.4. The molecule has 0 saturated carbocycles. The number of anilines is 2. The number of esters is 2. The van der Waals surface area contributed by atoms with Crippen molar-refractivity contribution < 1.29 is 23.9 Å². The van der Waals surface area contributed by atoms with E-state index in [1.807, 2.05) is 26.0 Å². The van der Waals surface area contributed by atoms with Crippen LogP contribution in [-0.2, 0) is 19.1 Å². The van der Waals surface area contributed by atoms with Crippen LogP contribution in [0.2, 0.25) is 0 Å². The number of methoxy groups -OCH3 is 2. The number of nitrogens with zero attached hydrogens (tertiary/aromatic N) is 2. The third-order valence-electron chi connectivity index (χ3n) is 6.63. The normalized spacial score (nSPS) is 14.9. The fraction of sp³-hybridized carbons (Fsp3) is 0.161. The van der Waals surface area contributed by atoms with E-state index in [2.05, 4.69) is 11.4 Å². The topological polar surface area (TPSA) is 135 Å². The Hall–Kier alpha value is -5.36. The number of carbonyl (C=O) groups excluding carboxylic acids is 3. The number of carbonyl (C=O) groups is 3. The van der Waals surface area contributed by atoms with Gasteiger partial charge >= 0.3 is 11.9 Å². The molecule has 1 unspecified atom stereocenters. The molecule has 3 aromatic carbocycles. The maximum atomic E-state index is 13.6. The molecule has 0 bridgehead atoms. The van der Waals surface area contributed by atoms with Crippen LogP contribution in [0.25, 0.3) is 0 Å². The standard InChI is InChI=1S/C31H28N4O5/c1-18-14-15-23(19(2)16-18)34-29(36)21-12-8-9-13-24(21)35-27(31(38)40-4)26(30(37)39-3)25(22(17-32)28(35)33)20-10-6-5-7-11-20/h5-16,25H,33H2,1-4H3,(H,34,36). The molecule has 9 heteroatoms. The van der Waals surface area contributed by atoms with Crippen LogP contribution >= 0.6 is 0 Å². The Morgan fingerprint density at radius 3 is 2.20 bits per heavy atom. The fourth-order valence-electron chi connectivity index (χ4n) is 4.77. The average molecular weight is 537 g/mol. The molecule has 0 radical (unpaired) electrons. The smallest absolute Gasteiger partial charge is 0.355 e. The summed E-state index contributed by atoms with van der Waals surface area (Å²) in [5.41, 5.74) is 9.58. The van der Waals surface area contributed by atoms with E-state index in [0.29, 0.717) is 11.3 Å². The van der Waals surface area contributed by atoms with Crippen molar-refractivity contribution in [1.29, 1.82) is 5.26 Å². The predicted octanol–water partition coefficient (Wildman–Crippen LogP) is 4.45. The molecule has 3 aromatic rings. The van der Waals surface area contributed by atoms with Crippen molar-refractivity contribution in [2.75, 3.05) is 24.4 Å². The van der Waals surface area contributed by atoms with Crippen LogP contribution in [0.4, 0.5) is 11.4 Å². The van der Waals surface area contributed by atoms with Crippen LogP contribution < -0.4 is 16.0 Å². The summed E-state index contributed by atoms with van der Waals surface area (Å²) >= 11 is 0. The van der Waals surface area contributed by atoms with Crippen LogP contribution in [0.15, 0.2) is 95.5 Å². The minimum absolute atomic E-state index is 0.00356. The molecule has 202 valence electrons. The zero-order chi connectivity index (χ0) is 29.0. The lowest BCUT2D eigenvalue weighted by molar-refractivity contribution is -0.139. The second-order valence-corrected chi connectivity index (χ2v) is 9.12. The summed E-state index contributed by atoms with van der Waals surface area (Å²) in [6.07, 6.45) is 0. The Morgan fingerprint density at radius 1 is 0.925 bits per heavy atom. The fourth-order valence-corrected chi connectivity index (χ4v) is 4.77. The Bertz CT molecular complexity index is 1600. The molecule has 0 aromatic heterocycles. The molecule has 0 saturated heterocycles. The number of rotatable bonds is 6. The molecular formula is C31H28N4O5. The number of ether oxygens (including phenoxy) is 2. The number of amides is 1. The van der Waals surface area contributed by atoms with Crippen molar-refractivity contribution in [2.24, 2.45) is 5.73 Å². The largest absolute Gasteiger partial charge is 0.466 e. The van der Waals surface area contributed by atoms with Gasteiger partial charge in [0.25, 0.3) is 5.91 Å². The summed E-state index contributed by atoms with van der Waals surface area (Å²) in [5.74, 6) is -3.37. The predicted molar refractivity (Wildman–Crippen MR) is 150 cm³/mol. The molecule has 1 heterocycles. The summed E-state index contributed by atoms with van der Waals surface area (Å²) in [7, 11) is 2.34. The van der Waals surface area contributed by atoms with Gasteiger partial charge in [-0.3, -0.25) is 9.69 Å². The number of benzene rings is 3. The highest BCUT2D eigenvalue weighted by Crippen LogP contribution is 2.44. The molecule has 4 rings (SSSR count). The second-order valence-electron chi connectivity index (χ2n) is 9.12. The molecule has 1 aliphatic rings. The van der Waals surface area contributed by atoms with E-state index in [0.717, 1.165) is 11.1 Å². The maximum Gasteiger partial charge on any atom is 0.355 e. The Labute approximate surface area is 232 Å². The van der Waals surface area contributed by atoms with Crippen molar-refractivity contribution in [1.82, 2.24) is 0 Å². The first-order valence-electron chi connectivity index (χ1n) is 12.4. The summed E-state index contributed by atoms with van der Waals surface area (Å²) < 4.78 is 10.2. The van der Waals surface area contributed by atoms with Gasteiger partial charge in [0, 0.05) is 5.69 Å². The van der Waals surface area contributed by atoms with Crippen LogP contribution in [0.3, 0.4) is 0 Å². The van der Waals surface area contributed by atoms with Gasteiger partial charge in [-0.2, -0.15) is 5.26 Å². The number of allylic oxidation sites excluding steroid dienone is 1. The number of para-hydroxylation sites is 1. The highest BCUT2D eigenvalue weighted by molar-refractivity contribution is 6.12. The SMILES string of the molecule is COC(=O)C1=C(C(=O)OC)N(c2ccccc2C(=O)Nc2ccc(C)cc2C)C(N)=C(C#N)C1c1ccccc1. The first-order valence-corrected chi connectivity index (χ1v) is 12.4. The van der Waals surface area contributed by atoms with Gasteiger partial charge in [-0.25, -0.2) is 9.59 Å². The number of nitriles is 1. The lowest BCUT2D eigenvalue weighted by atomic mass is 9.80. The van der Waals surface area contributed by atoms with E-state index in [-0.39, 0.29) is 33.9 Å². The second kappa shape index (κ2) is 11.6. The first kappa shape index (κ1) is 27.7. The van der Waals surface area contributed by atoms with Gasteiger partial charge in [-0.15, -0.1) is 0 Å². The maximum absolute atomic E-state index is 13.6. The monoisotopic (exact) mass is 536 g/mol. The Balaban J connectivity index is 1.97. The van der Waals surface area contributed by atoms with Gasteiger partial charge < -0.3 is 20.5 Å². The lowest BCUT2D eigenvalue weighted by Gasteiger charge is -2.36. The summed E-state index contributed by atoms with van der Waals surface area (Å²) in [5, 5.41) is 13.2. The van der Waals surface area contributed by atoms with E-state index in [1.54, 1.807) is 60.7 Å². The number of aryl methyl sites for hydroxylation is 2. The van der Waals surface area contributed by atoms with Gasteiger partial charge in [-0.05, 0) is 43.2 Å². The quantitative estimate of drug-likeness (QED) is 0.441. The molecule has 9 nitrogen and oxygen atoms in total. The van der Waals surface area contributed by atoms with Crippen molar-refractivity contribution in [2.45, 2.75) is 19.8 Å². The molecule has 0 fully saturated rings. The number of nitrogens with one attached hydrogen (secondary N) is 1. The van der Waals surface area contributed by atoms with Gasteiger partial charge in [0.05, 0.1) is 48.6 Å². The van der Waals surface area contributed by atoms with E-state index < -0.39 is 23.8 Å². The highest BCUT2D eigenvalue weighted by atomic mass is 16.5. The van der Waals surface area contributed by atoms with Gasteiger partial charge in [-0.1, -0.05) is 60.2 Å². The Morgan fingerprint density at radius 2 is 1.57 bits per heavy atom. The van der Waals surface area contributed by atoms with Gasteiger partial charge in [0.15, 0.2) is 0 Å². The molecule has 3 N–H and O–H groups in total. The minimum Gasteiger partial charge on any atom is -0.466 e. The number of hydrogen-bond acceptors (Lipinski definition) is 8. The lowest BCUT2D eigenvalue weighted by Crippen LogP contribution is -2.41. The molecule has 1 atom stereocenters. The van der Waals surface area contributed by atoms with Crippen molar-refractivity contribution in [3.63, 3.8) is 0 Å². The van der Waals surface area contributed by atoms with E-state index >= 15 is 0 Å². The summed E-state index contributed by atoms with van der Waals surface area (Å²) in [6.45, 7) is 3.83. The zero-order valence-corrected chi connectivity index (χ0v) is 22.5. The average Bonchev–Trinajstić information content (AvgIpc) is 2.97. The third kappa shape index (κ3) is 5.02. The van der Waals surface area contributed by atoms with E-state index in [1.165, 1.54) is 19.1 Å². The minimum atomic E-state index is -1.01. The van der Waals surface area contributed by atoms with Crippen LogP contribution in [0.1, 0.15) is 33.0 Å². The number of hydrogen-bond donors (Lipinski definition) is 2. The van der Waals surface area contributed by atoms with Gasteiger partial charge in [0.1, 0.15) is 11.5 Å². The molecular weight excluding hydrogens is 508 g/mol. The molecule has 0 spiro atoms. The van der Waals surface area contributed by atoms with Crippen LogP contribution in [0.5, 0.6) is 0 Å². The summed E-state index contributed by atoms with van der Waals surface area (Å²) in [6, 6.07) is 22.9. The van der Waals surface area contributed by atoms with Crippen molar-refractivity contribution >= 4 is 29.2 Å². The van der Waals surface area contributed by atoms with Crippen molar-refractivity contribution in [3.8, 4) is 6.07 Å². The van der Waals surface area contributed by atoms with Crippen molar-refractivity contribution in [3.05, 3.63) is 118 Å². The zero-order valence-electron chi connectivity index (χ0n) is 22.5. The van der Waals surface area contributed by atoms with Crippen LogP contribution in [-0.4, -0.2) is 32.1 Å². The molecule has 1 amide bonds. The molecule has 40 heavy (non-hydrogen) atoms. The molecule has 0 aliphatic carbocycles. The Kier molecular flexibility index (Phi) is 8.01. The highest BCUT2D eigenvalue weighted by Gasteiger charge is 2.43.